The summed E-state index contributed by atoms with van der Waals surface area (Å²) in [7, 11) is -4.28. The highest BCUT2D eigenvalue weighted by Crippen LogP contribution is 2.20. The van der Waals surface area contributed by atoms with E-state index < -0.39 is 10.1 Å². The van der Waals surface area contributed by atoms with E-state index in [1.807, 2.05) is 0 Å². The van der Waals surface area contributed by atoms with Gasteiger partial charge in [0.05, 0.1) is 5.69 Å². The van der Waals surface area contributed by atoms with E-state index in [-0.39, 0.29) is 10.6 Å². The Morgan fingerprint density at radius 1 is 1.23 bits per heavy atom. The van der Waals surface area contributed by atoms with Gasteiger partial charge in [-0.05, 0) is 12.1 Å². The molecule has 0 aliphatic rings. The fourth-order valence-corrected chi connectivity index (χ4v) is 1.58. The summed E-state index contributed by atoms with van der Waals surface area (Å²) < 4.78 is 30.3. The molecule has 0 saturated heterocycles. The Hall–Kier alpha value is -1.15. The highest BCUT2D eigenvalue weighted by atomic mass is 32.2. The summed E-state index contributed by atoms with van der Waals surface area (Å²) in [5, 5.41) is 0.628. The molecular weight excluding hydrogens is 194 g/mol. The number of para-hydroxylation sites is 1. The lowest BCUT2D eigenvalue weighted by Crippen LogP contribution is -2.38. The number of hydrazine groups is 2. The molecule has 0 heterocycles. The first kappa shape index (κ1) is 9.93. The van der Waals surface area contributed by atoms with Gasteiger partial charge in [-0.1, -0.05) is 12.1 Å². The van der Waals surface area contributed by atoms with Crippen LogP contribution in [0.3, 0.4) is 0 Å². The van der Waals surface area contributed by atoms with Crippen LogP contribution in [0.2, 0.25) is 0 Å². The van der Waals surface area contributed by atoms with Crippen molar-refractivity contribution >= 4 is 15.8 Å². The van der Waals surface area contributed by atoms with E-state index in [9.17, 15) is 8.42 Å². The standard InChI is InChI=1S/C6H9N3O3S/c7-9(8)5-3-1-2-4-6(5)13(10,11)12/h1-4H,7-8H2,(H,10,11,12). The molecule has 1 rings (SSSR count). The van der Waals surface area contributed by atoms with Crippen LogP contribution in [0.4, 0.5) is 5.69 Å². The first-order chi connectivity index (χ1) is 5.93. The van der Waals surface area contributed by atoms with Gasteiger partial charge in [-0.25, -0.2) is 16.8 Å². The van der Waals surface area contributed by atoms with Gasteiger partial charge >= 0.3 is 0 Å². The van der Waals surface area contributed by atoms with Crippen molar-refractivity contribution in [2.75, 3.05) is 5.12 Å². The summed E-state index contributed by atoms with van der Waals surface area (Å²) in [6.07, 6.45) is 0. The van der Waals surface area contributed by atoms with Crippen molar-refractivity contribution in [2.45, 2.75) is 4.90 Å². The van der Waals surface area contributed by atoms with Crippen molar-refractivity contribution in [3.8, 4) is 0 Å². The van der Waals surface area contributed by atoms with Crippen molar-refractivity contribution in [2.24, 2.45) is 11.7 Å². The van der Waals surface area contributed by atoms with Crippen molar-refractivity contribution in [3.63, 3.8) is 0 Å². The molecule has 7 heteroatoms. The Kier molecular flexibility index (Phi) is 2.52. The number of hydrogen-bond donors (Lipinski definition) is 3. The fraction of sp³-hybridized carbons (Fsp3) is 0. The second-order valence-corrected chi connectivity index (χ2v) is 3.74. The van der Waals surface area contributed by atoms with E-state index in [0.29, 0.717) is 5.12 Å². The predicted molar refractivity (Wildman–Crippen MR) is 47.1 cm³/mol. The number of hydrogen-bond acceptors (Lipinski definition) is 5. The molecule has 5 N–H and O–H groups in total. The molecule has 13 heavy (non-hydrogen) atoms. The van der Waals surface area contributed by atoms with E-state index in [2.05, 4.69) is 0 Å². The van der Waals surface area contributed by atoms with Gasteiger partial charge < -0.3 is 0 Å². The SMILES string of the molecule is NN(N)c1ccccc1S(=O)(=O)O. The van der Waals surface area contributed by atoms with Crippen LogP contribution in [0.5, 0.6) is 0 Å². The molecule has 72 valence electrons. The van der Waals surface area contributed by atoms with Gasteiger partial charge in [0.2, 0.25) is 0 Å². The molecule has 0 aromatic heterocycles. The van der Waals surface area contributed by atoms with Gasteiger partial charge in [0.1, 0.15) is 4.90 Å². The Morgan fingerprint density at radius 2 is 1.77 bits per heavy atom. The average molecular weight is 203 g/mol. The maximum atomic E-state index is 10.8. The maximum Gasteiger partial charge on any atom is 0.296 e. The maximum absolute atomic E-state index is 10.8. The summed E-state index contributed by atoms with van der Waals surface area (Å²) in [5.74, 6) is 10.3. The number of nitrogens with two attached hydrogens (primary N) is 2. The normalized spacial score (nSPS) is 11.3. The Bertz CT molecular complexity index is 401. The van der Waals surface area contributed by atoms with E-state index in [1.165, 1.54) is 18.2 Å². The number of anilines is 1. The fourth-order valence-electron chi connectivity index (χ4n) is 0.889. The van der Waals surface area contributed by atoms with Gasteiger partial charge in [-0.3, -0.25) is 4.55 Å². The Balaban J connectivity index is 3.37. The Labute approximate surface area is 75.4 Å². The van der Waals surface area contributed by atoms with Gasteiger partial charge in [0.15, 0.2) is 0 Å². The topological polar surface area (TPSA) is 110 Å². The van der Waals surface area contributed by atoms with Crippen LogP contribution in [0, 0.1) is 0 Å². The summed E-state index contributed by atoms with van der Waals surface area (Å²) in [4.78, 5) is -0.319. The molecule has 0 amide bonds. The van der Waals surface area contributed by atoms with Crippen LogP contribution in [0.15, 0.2) is 29.2 Å². The highest BCUT2D eigenvalue weighted by Gasteiger charge is 2.15. The van der Waals surface area contributed by atoms with E-state index in [1.54, 1.807) is 6.07 Å². The number of benzene rings is 1. The number of nitrogens with zero attached hydrogens (tertiary/aromatic N) is 1. The van der Waals surface area contributed by atoms with E-state index >= 15 is 0 Å². The molecule has 0 aliphatic carbocycles. The quantitative estimate of drug-likeness (QED) is 0.339. The minimum atomic E-state index is -4.28. The first-order valence-electron chi connectivity index (χ1n) is 3.29. The molecule has 0 spiro atoms. The second kappa shape index (κ2) is 3.30. The summed E-state index contributed by atoms with van der Waals surface area (Å²) >= 11 is 0. The zero-order valence-corrected chi connectivity index (χ0v) is 7.40. The van der Waals surface area contributed by atoms with Crippen molar-refractivity contribution in [1.29, 1.82) is 0 Å². The van der Waals surface area contributed by atoms with Crippen LogP contribution in [0.25, 0.3) is 0 Å². The summed E-state index contributed by atoms with van der Waals surface area (Å²) in [5.41, 5.74) is 0.0324. The molecule has 0 radical (unpaired) electrons. The molecule has 0 aliphatic heterocycles. The van der Waals surface area contributed by atoms with Crippen LogP contribution in [-0.4, -0.2) is 13.0 Å². The lowest BCUT2D eigenvalue weighted by atomic mass is 10.3. The van der Waals surface area contributed by atoms with Crippen LogP contribution in [-0.2, 0) is 10.1 Å². The summed E-state index contributed by atoms with van der Waals surface area (Å²) in [6.45, 7) is 0. The van der Waals surface area contributed by atoms with Crippen LogP contribution >= 0.6 is 0 Å². The third-order valence-corrected chi connectivity index (χ3v) is 2.32. The van der Waals surface area contributed by atoms with Gasteiger partial charge in [-0.15, -0.1) is 0 Å². The predicted octanol–water partition coefficient (Wildman–Crippen LogP) is -0.513. The van der Waals surface area contributed by atoms with E-state index in [4.69, 9.17) is 16.2 Å². The van der Waals surface area contributed by atoms with E-state index in [0.717, 1.165) is 0 Å². The average Bonchev–Trinajstić information content (AvgIpc) is 2.03. The number of rotatable bonds is 2. The van der Waals surface area contributed by atoms with Crippen molar-refractivity contribution in [1.82, 2.24) is 0 Å². The zero-order valence-electron chi connectivity index (χ0n) is 6.58. The third kappa shape index (κ3) is 2.16. The monoisotopic (exact) mass is 203 g/mol. The molecule has 0 bridgehead atoms. The van der Waals surface area contributed by atoms with Gasteiger partial charge in [-0.2, -0.15) is 8.42 Å². The highest BCUT2D eigenvalue weighted by molar-refractivity contribution is 7.86. The minimum absolute atomic E-state index is 0.0324. The molecule has 0 atom stereocenters. The molecule has 0 unspecified atom stereocenters. The zero-order chi connectivity index (χ0) is 10.1. The lowest BCUT2D eigenvalue weighted by molar-refractivity contribution is 0.483. The molecule has 0 fully saturated rings. The largest absolute Gasteiger partial charge is 0.296 e. The molecule has 6 nitrogen and oxygen atoms in total. The van der Waals surface area contributed by atoms with Gasteiger partial charge in [0, 0.05) is 0 Å². The van der Waals surface area contributed by atoms with Crippen LogP contribution in [0.1, 0.15) is 0 Å². The van der Waals surface area contributed by atoms with Crippen LogP contribution < -0.4 is 16.8 Å². The summed E-state index contributed by atoms with van der Waals surface area (Å²) in [6, 6.07) is 5.59. The molecule has 1 aromatic carbocycles. The van der Waals surface area contributed by atoms with Gasteiger partial charge in [0.25, 0.3) is 10.1 Å². The smallest absolute Gasteiger partial charge is 0.282 e. The Morgan fingerprint density at radius 3 is 2.15 bits per heavy atom. The lowest BCUT2D eigenvalue weighted by Gasteiger charge is -2.13. The van der Waals surface area contributed by atoms with Crippen molar-refractivity contribution in [3.05, 3.63) is 24.3 Å². The second-order valence-electron chi connectivity index (χ2n) is 2.35. The minimum Gasteiger partial charge on any atom is -0.282 e. The third-order valence-electron chi connectivity index (χ3n) is 1.42. The molecule has 1 aromatic rings. The molecule has 0 saturated carbocycles. The molecular formula is C6H9N3O3S. The first-order valence-corrected chi connectivity index (χ1v) is 4.73. The van der Waals surface area contributed by atoms with Crippen molar-refractivity contribution < 1.29 is 13.0 Å².